The Labute approximate surface area is 150 Å². The van der Waals surface area contributed by atoms with Gasteiger partial charge in [-0.3, -0.25) is 4.79 Å². The van der Waals surface area contributed by atoms with E-state index in [0.29, 0.717) is 36.8 Å². The van der Waals surface area contributed by atoms with E-state index in [9.17, 15) is 4.79 Å². The van der Waals surface area contributed by atoms with Crippen LogP contribution in [-0.4, -0.2) is 32.8 Å². The fraction of sp³-hybridized carbons (Fsp3) is 0.278. The number of benzene rings is 2. The zero-order valence-electron chi connectivity index (χ0n) is 13.7. The van der Waals surface area contributed by atoms with Gasteiger partial charge in [-0.15, -0.1) is 0 Å². The molecule has 6 heteroatoms. The number of nitrogens with one attached hydrogen (secondary N) is 1. The summed E-state index contributed by atoms with van der Waals surface area (Å²) >= 11 is 3.41. The van der Waals surface area contributed by atoms with Crippen molar-refractivity contribution in [2.24, 2.45) is 0 Å². The molecule has 0 spiro atoms. The summed E-state index contributed by atoms with van der Waals surface area (Å²) in [4.78, 5) is 12.3. The van der Waals surface area contributed by atoms with Crippen molar-refractivity contribution < 1.29 is 19.0 Å². The Morgan fingerprint density at radius 2 is 1.83 bits per heavy atom. The maximum Gasteiger partial charge on any atom is 0.255 e. The third-order valence-electron chi connectivity index (χ3n) is 3.16. The molecular formula is C18H20BrNO4. The Hall–Kier alpha value is -2.05. The molecular weight excluding hydrogens is 374 g/mol. The highest BCUT2D eigenvalue weighted by atomic mass is 79.9. The monoisotopic (exact) mass is 393 g/mol. The molecule has 2 aromatic carbocycles. The Morgan fingerprint density at radius 1 is 1.08 bits per heavy atom. The summed E-state index contributed by atoms with van der Waals surface area (Å²) in [5.74, 6) is 1.26. The van der Waals surface area contributed by atoms with Crippen LogP contribution in [0.4, 0.5) is 5.69 Å². The lowest BCUT2D eigenvalue weighted by Gasteiger charge is -2.10. The SMILES string of the molecule is CCOc1ccc(C(=O)Nc2ccc(OCCOC)cc2)cc1Br. The number of carbonyl (C=O) groups excluding carboxylic acids is 1. The van der Waals surface area contributed by atoms with Gasteiger partial charge in [-0.2, -0.15) is 0 Å². The lowest BCUT2D eigenvalue weighted by atomic mass is 10.2. The second-order valence-electron chi connectivity index (χ2n) is 4.90. The van der Waals surface area contributed by atoms with Crippen LogP contribution >= 0.6 is 15.9 Å². The summed E-state index contributed by atoms with van der Waals surface area (Å²) in [6.45, 7) is 3.51. The van der Waals surface area contributed by atoms with Gasteiger partial charge in [0.05, 0.1) is 17.7 Å². The molecule has 0 aliphatic carbocycles. The van der Waals surface area contributed by atoms with Crippen molar-refractivity contribution in [1.29, 1.82) is 0 Å². The zero-order valence-corrected chi connectivity index (χ0v) is 15.3. The molecule has 0 aliphatic rings. The minimum Gasteiger partial charge on any atom is -0.493 e. The third kappa shape index (κ3) is 5.25. The van der Waals surface area contributed by atoms with E-state index in [2.05, 4.69) is 21.2 Å². The lowest BCUT2D eigenvalue weighted by Crippen LogP contribution is -2.12. The smallest absolute Gasteiger partial charge is 0.255 e. The van der Waals surface area contributed by atoms with Gasteiger partial charge in [-0.1, -0.05) is 0 Å². The molecule has 2 rings (SSSR count). The molecule has 0 aromatic heterocycles. The van der Waals surface area contributed by atoms with Crippen LogP contribution in [0.2, 0.25) is 0 Å². The van der Waals surface area contributed by atoms with E-state index in [0.717, 1.165) is 10.2 Å². The first-order chi connectivity index (χ1) is 11.6. The quantitative estimate of drug-likeness (QED) is 0.685. The van der Waals surface area contributed by atoms with Crippen LogP contribution in [0, 0.1) is 0 Å². The third-order valence-corrected chi connectivity index (χ3v) is 3.78. The van der Waals surface area contributed by atoms with Crippen LogP contribution in [0.3, 0.4) is 0 Å². The number of amides is 1. The van der Waals surface area contributed by atoms with Crippen molar-refractivity contribution >= 4 is 27.5 Å². The maximum absolute atomic E-state index is 12.3. The Balaban J connectivity index is 1.97. The molecule has 24 heavy (non-hydrogen) atoms. The normalized spacial score (nSPS) is 10.3. The predicted molar refractivity (Wildman–Crippen MR) is 97.1 cm³/mol. The molecule has 0 fully saturated rings. The molecule has 5 nitrogen and oxygen atoms in total. The summed E-state index contributed by atoms with van der Waals surface area (Å²) in [5.41, 5.74) is 1.25. The van der Waals surface area contributed by atoms with E-state index < -0.39 is 0 Å². The number of carbonyl (C=O) groups is 1. The molecule has 2 aromatic rings. The molecule has 0 saturated heterocycles. The van der Waals surface area contributed by atoms with E-state index in [4.69, 9.17) is 14.2 Å². The van der Waals surface area contributed by atoms with Crippen molar-refractivity contribution in [3.8, 4) is 11.5 Å². The van der Waals surface area contributed by atoms with E-state index in [1.54, 1.807) is 49.6 Å². The van der Waals surface area contributed by atoms with E-state index in [1.165, 1.54) is 0 Å². The number of hydrogen-bond donors (Lipinski definition) is 1. The van der Waals surface area contributed by atoms with Crippen LogP contribution in [0.25, 0.3) is 0 Å². The van der Waals surface area contributed by atoms with Gasteiger partial charge in [-0.05, 0) is 65.3 Å². The second-order valence-corrected chi connectivity index (χ2v) is 5.75. The summed E-state index contributed by atoms with van der Waals surface area (Å²) in [7, 11) is 1.63. The van der Waals surface area contributed by atoms with Gasteiger partial charge in [0.1, 0.15) is 18.1 Å². The molecule has 1 amide bonds. The highest BCUT2D eigenvalue weighted by molar-refractivity contribution is 9.10. The van der Waals surface area contributed by atoms with Crippen molar-refractivity contribution in [2.45, 2.75) is 6.92 Å². The minimum absolute atomic E-state index is 0.188. The zero-order chi connectivity index (χ0) is 17.4. The molecule has 0 bridgehead atoms. The highest BCUT2D eigenvalue weighted by Crippen LogP contribution is 2.26. The summed E-state index contributed by atoms with van der Waals surface area (Å²) < 4.78 is 16.6. The van der Waals surface area contributed by atoms with Crippen molar-refractivity contribution in [2.75, 3.05) is 32.2 Å². The molecule has 0 saturated carbocycles. The van der Waals surface area contributed by atoms with Gasteiger partial charge in [-0.25, -0.2) is 0 Å². The molecule has 1 N–H and O–H groups in total. The van der Waals surface area contributed by atoms with Gasteiger partial charge in [0.25, 0.3) is 5.91 Å². The predicted octanol–water partition coefficient (Wildman–Crippen LogP) is 4.13. The second kappa shape index (κ2) is 9.30. The van der Waals surface area contributed by atoms with Gasteiger partial charge < -0.3 is 19.5 Å². The number of methoxy groups -OCH3 is 1. The molecule has 0 unspecified atom stereocenters. The molecule has 0 heterocycles. The summed E-state index contributed by atoms with van der Waals surface area (Å²) in [5, 5.41) is 2.85. The van der Waals surface area contributed by atoms with E-state index in [-0.39, 0.29) is 5.91 Å². The average Bonchev–Trinajstić information content (AvgIpc) is 2.58. The largest absolute Gasteiger partial charge is 0.493 e. The molecule has 0 radical (unpaired) electrons. The van der Waals surface area contributed by atoms with Crippen molar-refractivity contribution in [3.05, 3.63) is 52.5 Å². The van der Waals surface area contributed by atoms with Crippen LogP contribution in [0.1, 0.15) is 17.3 Å². The standard InChI is InChI=1S/C18H20BrNO4/c1-3-23-17-9-4-13(12-16(17)19)18(21)20-14-5-7-15(8-6-14)24-11-10-22-2/h4-9,12H,3,10-11H2,1-2H3,(H,20,21). The number of anilines is 1. The fourth-order valence-electron chi connectivity index (χ4n) is 2.00. The number of hydrogen-bond acceptors (Lipinski definition) is 4. The summed E-state index contributed by atoms with van der Waals surface area (Å²) in [6.07, 6.45) is 0. The summed E-state index contributed by atoms with van der Waals surface area (Å²) in [6, 6.07) is 12.4. The Kier molecular flexibility index (Phi) is 7.08. The number of halogens is 1. The fourth-order valence-corrected chi connectivity index (χ4v) is 2.49. The first kappa shape index (κ1) is 18.3. The van der Waals surface area contributed by atoms with Gasteiger partial charge in [0, 0.05) is 18.4 Å². The molecule has 128 valence electrons. The van der Waals surface area contributed by atoms with Crippen molar-refractivity contribution in [3.63, 3.8) is 0 Å². The Bertz CT molecular complexity index is 673. The van der Waals surface area contributed by atoms with Gasteiger partial charge in [0.2, 0.25) is 0 Å². The van der Waals surface area contributed by atoms with Gasteiger partial charge >= 0.3 is 0 Å². The van der Waals surface area contributed by atoms with Crippen LogP contribution < -0.4 is 14.8 Å². The lowest BCUT2D eigenvalue weighted by molar-refractivity contribution is 0.102. The molecule has 0 atom stereocenters. The van der Waals surface area contributed by atoms with Crippen LogP contribution in [0.5, 0.6) is 11.5 Å². The van der Waals surface area contributed by atoms with Crippen molar-refractivity contribution in [1.82, 2.24) is 0 Å². The number of rotatable bonds is 8. The molecule has 0 aliphatic heterocycles. The topological polar surface area (TPSA) is 56.8 Å². The minimum atomic E-state index is -0.188. The van der Waals surface area contributed by atoms with E-state index >= 15 is 0 Å². The highest BCUT2D eigenvalue weighted by Gasteiger charge is 2.09. The first-order valence-corrected chi connectivity index (χ1v) is 8.39. The van der Waals surface area contributed by atoms with E-state index in [1.807, 2.05) is 6.92 Å². The first-order valence-electron chi connectivity index (χ1n) is 7.59. The van der Waals surface area contributed by atoms with Crippen LogP contribution in [-0.2, 0) is 4.74 Å². The Morgan fingerprint density at radius 3 is 2.46 bits per heavy atom. The van der Waals surface area contributed by atoms with Gasteiger partial charge in [0.15, 0.2) is 0 Å². The maximum atomic E-state index is 12.3. The van der Waals surface area contributed by atoms with Crippen LogP contribution in [0.15, 0.2) is 46.9 Å². The number of ether oxygens (including phenoxy) is 3. The average molecular weight is 394 g/mol.